The van der Waals surface area contributed by atoms with Crippen LogP contribution >= 0.6 is 0 Å². The van der Waals surface area contributed by atoms with Crippen molar-refractivity contribution in [3.05, 3.63) is 0 Å². The predicted octanol–water partition coefficient (Wildman–Crippen LogP) is 3.39. The van der Waals surface area contributed by atoms with Gasteiger partial charge >= 0.3 is 0 Å². The van der Waals surface area contributed by atoms with Gasteiger partial charge in [-0.25, -0.2) is 0 Å². The van der Waals surface area contributed by atoms with E-state index in [4.69, 9.17) is 0 Å². The fourth-order valence-electron chi connectivity index (χ4n) is 3.92. The Labute approximate surface area is 124 Å². The molecule has 1 aliphatic carbocycles. The highest BCUT2D eigenvalue weighted by Crippen LogP contribution is 2.33. The van der Waals surface area contributed by atoms with E-state index in [0.29, 0.717) is 29.7 Å². The molecule has 0 spiro atoms. The summed E-state index contributed by atoms with van der Waals surface area (Å²) in [5.74, 6) is 1.86. The quantitative estimate of drug-likeness (QED) is 0.856. The molecule has 3 heteroatoms. The van der Waals surface area contributed by atoms with Gasteiger partial charge in [-0.1, -0.05) is 47.0 Å². The highest BCUT2D eigenvalue weighted by atomic mass is 16.2. The van der Waals surface area contributed by atoms with Crippen LogP contribution in [0, 0.1) is 17.8 Å². The van der Waals surface area contributed by atoms with Crippen molar-refractivity contribution < 1.29 is 4.79 Å². The van der Waals surface area contributed by atoms with Crippen molar-refractivity contribution in [2.45, 2.75) is 85.0 Å². The van der Waals surface area contributed by atoms with Gasteiger partial charge in [-0.3, -0.25) is 10.1 Å². The van der Waals surface area contributed by atoms with Crippen LogP contribution in [0.15, 0.2) is 0 Å². The van der Waals surface area contributed by atoms with Gasteiger partial charge in [-0.2, -0.15) is 0 Å². The number of carbonyl (C=O) groups is 1. The maximum Gasteiger partial charge on any atom is 0.241 e. The Bertz CT molecular complexity index is 334. The highest BCUT2D eigenvalue weighted by Gasteiger charge is 2.45. The summed E-state index contributed by atoms with van der Waals surface area (Å²) >= 11 is 0. The Morgan fingerprint density at radius 2 is 1.60 bits per heavy atom. The van der Waals surface area contributed by atoms with Gasteiger partial charge in [0.05, 0.1) is 12.2 Å². The molecular weight excluding hydrogens is 248 g/mol. The molecule has 0 aromatic rings. The van der Waals surface area contributed by atoms with E-state index in [0.717, 1.165) is 0 Å². The van der Waals surface area contributed by atoms with Gasteiger partial charge in [0.2, 0.25) is 5.91 Å². The molecule has 1 amide bonds. The van der Waals surface area contributed by atoms with Crippen molar-refractivity contribution in [2.75, 3.05) is 0 Å². The third-order valence-corrected chi connectivity index (χ3v) is 5.24. The summed E-state index contributed by atoms with van der Waals surface area (Å²) < 4.78 is 0. The summed E-state index contributed by atoms with van der Waals surface area (Å²) in [5.41, 5.74) is 0. The van der Waals surface area contributed by atoms with Gasteiger partial charge < -0.3 is 4.90 Å². The number of hydrogen-bond donors (Lipinski definition) is 1. The first kappa shape index (κ1) is 15.8. The third-order valence-electron chi connectivity index (χ3n) is 5.24. The second kappa shape index (κ2) is 6.46. The lowest BCUT2D eigenvalue weighted by atomic mass is 9.83. The summed E-state index contributed by atoms with van der Waals surface area (Å²) in [5, 5.41) is 3.59. The minimum atomic E-state index is 0.00782. The molecule has 3 unspecified atom stereocenters. The summed E-state index contributed by atoms with van der Waals surface area (Å²) in [6, 6.07) is 0.389. The fraction of sp³-hybridized carbons (Fsp3) is 0.941. The molecule has 1 saturated heterocycles. The van der Waals surface area contributed by atoms with E-state index in [1.807, 2.05) is 0 Å². The molecule has 0 aromatic carbocycles. The summed E-state index contributed by atoms with van der Waals surface area (Å²) in [6.07, 6.45) is 6.85. The molecule has 0 aromatic heterocycles. The van der Waals surface area contributed by atoms with Crippen LogP contribution in [0.25, 0.3) is 0 Å². The van der Waals surface area contributed by atoms with Gasteiger partial charge in [0.1, 0.15) is 0 Å². The molecule has 3 atom stereocenters. The van der Waals surface area contributed by atoms with Crippen LogP contribution in [-0.2, 0) is 4.79 Å². The SMILES string of the molecule is CC(C)C1NC(C(C)C)N(C(C)C2CCCCC2)C1=O. The first-order valence-electron chi connectivity index (χ1n) is 8.51. The number of hydrogen-bond acceptors (Lipinski definition) is 2. The maximum atomic E-state index is 12.8. The molecule has 0 bridgehead atoms. The van der Waals surface area contributed by atoms with Crippen molar-refractivity contribution in [3.8, 4) is 0 Å². The first-order chi connectivity index (χ1) is 9.43. The van der Waals surface area contributed by atoms with Crippen LogP contribution in [0.3, 0.4) is 0 Å². The summed E-state index contributed by atoms with van der Waals surface area (Å²) in [7, 11) is 0. The van der Waals surface area contributed by atoms with Crippen LogP contribution < -0.4 is 5.32 Å². The molecule has 2 fully saturated rings. The van der Waals surface area contributed by atoms with E-state index in [9.17, 15) is 4.79 Å². The van der Waals surface area contributed by atoms with Gasteiger partial charge in [-0.15, -0.1) is 0 Å². The lowest BCUT2D eigenvalue weighted by Crippen LogP contribution is -2.49. The Hall–Kier alpha value is -0.570. The standard InChI is InChI=1S/C17H32N2O/c1-11(2)15-17(20)19(16(18-15)12(3)4)13(5)14-9-7-6-8-10-14/h11-16,18H,6-10H2,1-5H3. The summed E-state index contributed by atoms with van der Waals surface area (Å²) in [6.45, 7) is 11.0. The Kier molecular flexibility index (Phi) is 5.11. The number of nitrogens with one attached hydrogen (secondary N) is 1. The van der Waals surface area contributed by atoms with Crippen LogP contribution in [0.1, 0.15) is 66.7 Å². The van der Waals surface area contributed by atoms with Crippen molar-refractivity contribution >= 4 is 5.91 Å². The van der Waals surface area contributed by atoms with Crippen molar-refractivity contribution in [1.29, 1.82) is 0 Å². The molecule has 1 heterocycles. The zero-order valence-corrected chi connectivity index (χ0v) is 13.9. The predicted molar refractivity (Wildman–Crippen MR) is 83.3 cm³/mol. The minimum Gasteiger partial charge on any atom is -0.323 e. The maximum absolute atomic E-state index is 12.8. The second-order valence-corrected chi connectivity index (χ2v) is 7.46. The molecule has 1 N–H and O–H groups in total. The third kappa shape index (κ3) is 3.03. The number of carbonyl (C=O) groups excluding carboxylic acids is 1. The minimum absolute atomic E-state index is 0.00782. The second-order valence-electron chi connectivity index (χ2n) is 7.46. The van der Waals surface area contributed by atoms with Crippen LogP contribution in [-0.4, -0.2) is 29.1 Å². The molecule has 116 valence electrons. The molecular formula is C17H32N2O. The van der Waals surface area contributed by atoms with E-state index in [1.54, 1.807) is 0 Å². The normalized spacial score (nSPS) is 30.6. The lowest BCUT2D eigenvalue weighted by molar-refractivity contribution is -0.134. The fourth-order valence-corrected chi connectivity index (χ4v) is 3.92. The number of nitrogens with zero attached hydrogens (tertiary/aromatic N) is 1. The van der Waals surface area contributed by atoms with E-state index in [-0.39, 0.29) is 12.2 Å². The highest BCUT2D eigenvalue weighted by molar-refractivity contribution is 5.85. The molecule has 0 radical (unpaired) electrons. The molecule has 2 rings (SSSR count). The molecule has 1 saturated carbocycles. The van der Waals surface area contributed by atoms with E-state index in [1.165, 1.54) is 32.1 Å². The van der Waals surface area contributed by atoms with E-state index in [2.05, 4.69) is 44.8 Å². The Morgan fingerprint density at radius 1 is 1.00 bits per heavy atom. The first-order valence-corrected chi connectivity index (χ1v) is 8.51. The zero-order valence-electron chi connectivity index (χ0n) is 13.9. The average molecular weight is 280 g/mol. The van der Waals surface area contributed by atoms with Crippen molar-refractivity contribution in [3.63, 3.8) is 0 Å². The van der Waals surface area contributed by atoms with Gasteiger partial charge in [-0.05, 0) is 37.5 Å². The molecule has 3 nitrogen and oxygen atoms in total. The molecule has 1 aliphatic heterocycles. The van der Waals surface area contributed by atoms with E-state index >= 15 is 0 Å². The van der Waals surface area contributed by atoms with E-state index < -0.39 is 0 Å². The van der Waals surface area contributed by atoms with Gasteiger partial charge in [0.25, 0.3) is 0 Å². The number of amides is 1. The largest absolute Gasteiger partial charge is 0.323 e. The van der Waals surface area contributed by atoms with Gasteiger partial charge in [0.15, 0.2) is 0 Å². The smallest absolute Gasteiger partial charge is 0.241 e. The van der Waals surface area contributed by atoms with Gasteiger partial charge in [0, 0.05) is 6.04 Å². The lowest BCUT2D eigenvalue weighted by Gasteiger charge is -2.38. The topological polar surface area (TPSA) is 32.3 Å². The monoisotopic (exact) mass is 280 g/mol. The molecule has 20 heavy (non-hydrogen) atoms. The van der Waals surface area contributed by atoms with Crippen molar-refractivity contribution in [2.24, 2.45) is 17.8 Å². The van der Waals surface area contributed by atoms with Crippen LogP contribution in [0.2, 0.25) is 0 Å². The zero-order chi connectivity index (χ0) is 14.9. The van der Waals surface area contributed by atoms with Crippen LogP contribution in [0.5, 0.6) is 0 Å². The number of rotatable bonds is 4. The van der Waals surface area contributed by atoms with Crippen molar-refractivity contribution in [1.82, 2.24) is 10.2 Å². The molecule has 2 aliphatic rings. The average Bonchev–Trinajstić information content (AvgIpc) is 2.77. The summed E-state index contributed by atoms with van der Waals surface area (Å²) in [4.78, 5) is 15.0. The van der Waals surface area contributed by atoms with Crippen LogP contribution in [0.4, 0.5) is 0 Å². The Balaban J connectivity index is 2.15. The Morgan fingerprint density at radius 3 is 2.10 bits per heavy atom.